The van der Waals surface area contributed by atoms with Crippen molar-refractivity contribution in [3.8, 4) is 10.6 Å². The molecule has 0 unspecified atom stereocenters. The Kier molecular flexibility index (Phi) is 4.42. The fraction of sp³-hybridized carbons (Fsp3) is 0.214. The number of rotatable bonds is 4. The van der Waals surface area contributed by atoms with Crippen molar-refractivity contribution in [3.05, 3.63) is 39.3 Å². The van der Waals surface area contributed by atoms with Crippen LogP contribution in [0.2, 0.25) is 0 Å². The number of halogens is 1. The molecular weight excluding hydrogens is 384 g/mol. The van der Waals surface area contributed by atoms with Crippen molar-refractivity contribution in [2.75, 3.05) is 5.32 Å². The number of carbonyl (C=O) groups excluding carboxylic acids is 1. The van der Waals surface area contributed by atoms with Gasteiger partial charge in [0.05, 0.1) is 14.4 Å². The summed E-state index contributed by atoms with van der Waals surface area (Å²) in [4.78, 5) is 17.9. The Bertz CT molecular complexity index is 805. The number of amides is 1. The molecule has 0 aliphatic rings. The second-order valence-corrected chi connectivity index (χ2v) is 8.17. The van der Waals surface area contributed by atoms with Gasteiger partial charge < -0.3 is 0 Å². The molecule has 0 fully saturated rings. The van der Waals surface area contributed by atoms with Gasteiger partial charge in [0.1, 0.15) is 5.69 Å². The van der Waals surface area contributed by atoms with E-state index in [1.165, 1.54) is 11.3 Å². The first kappa shape index (κ1) is 15.4. The second kappa shape index (κ2) is 6.31. The number of thiophene rings is 1. The molecule has 0 saturated carbocycles. The van der Waals surface area contributed by atoms with Gasteiger partial charge in [0.2, 0.25) is 0 Å². The lowest BCUT2D eigenvalue weighted by Gasteiger charge is -2.09. The van der Waals surface area contributed by atoms with Crippen LogP contribution in [0.4, 0.5) is 5.13 Å². The number of hydrogen-bond donors (Lipinski definition) is 1. The van der Waals surface area contributed by atoms with Crippen molar-refractivity contribution < 1.29 is 4.79 Å². The number of carbonyl (C=O) groups is 1. The molecule has 3 heterocycles. The average molecular weight is 397 g/mol. The van der Waals surface area contributed by atoms with Crippen LogP contribution < -0.4 is 5.32 Å². The van der Waals surface area contributed by atoms with E-state index in [4.69, 9.17) is 0 Å². The minimum absolute atomic E-state index is 0.131. The van der Waals surface area contributed by atoms with Gasteiger partial charge in [-0.1, -0.05) is 0 Å². The van der Waals surface area contributed by atoms with Gasteiger partial charge in [0.15, 0.2) is 5.13 Å². The molecule has 3 aromatic heterocycles. The SMILES string of the molecule is CC(C)n1nccc1C(=O)Nc1nc(-c2ccc(Br)s2)cs1. The van der Waals surface area contributed by atoms with Gasteiger partial charge in [-0.05, 0) is 48.0 Å². The number of aromatic nitrogens is 3. The summed E-state index contributed by atoms with van der Waals surface area (Å²) in [6.07, 6.45) is 1.63. The van der Waals surface area contributed by atoms with E-state index >= 15 is 0 Å². The van der Waals surface area contributed by atoms with E-state index in [-0.39, 0.29) is 11.9 Å². The van der Waals surface area contributed by atoms with Crippen LogP contribution in [-0.4, -0.2) is 20.7 Å². The monoisotopic (exact) mass is 396 g/mol. The molecule has 0 atom stereocenters. The molecule has 0 spiro atoms. The number of nitrogens with zero attached hydrogens (tertiary/aromatic N) is 3. The van der Waals surface area contributed by atoms with Crippen molar-refractivity contribution in [1.29, 1.82) is 0 Å². The van der Waals surface area contributed by atoms with Gasteiger partial charge in [0, 0.05) is 17.6 Å². The Morgan fingerprint density at radius 3 is 2.86 bits per heavy atom. The topological polar surface area (TPSA) is 59.8 Å². The highest BCUT2D eigenvalue weighted by Crippen LogP contribution is 2.33. The molecule has 8 heteroatoms. The molecule has 0 aliphatic carbocycles. The normalized spacial score (nSPS) is 11.1. The Labute approximate surface area is 144 Å². The summed E-state index contributed by atoms with van der Waals surface area (Å²) < 4.78 is 2.75. The van der Waals surface area contributed by atoms with Crippen LogP contribution in [0.15, 0.2) is 33.6 Å². The third-order valence-electron chi connectivity index (χ3n) is 2.94. The Balaban J connectivity index is 1.77. The summed E-state index contributed by atoms with van der Waals surface area (Å²) in [6.45, 7) is 3.97. The highest BCUT2D eigenvalue weighted by atomic mass is 79.9. The molecule has 1 N–H and O–H groups in total. The van der Waals surface area contributed by atoms with Crippen LogP contribution in [0, 0.1) is 0 Å². The van der Waals surface area contributed by atoms with Crippen LogP contribution in [0.5, 0.6) is 0 Å². The van der Waals surface area contributed by atoms with Gasteiger partial charge >= 0.3 is 0 Å². The van der Waals surface area contributed by atoms with Gasteiger partial charge in [-0.25, -0.2) is 4.98 Å². The number of nitrogens with one attached hydrogen (secondary N) is 1. The third kappa shape index (κ3) is 3.13. The summed E-state index contributed by atoms with van der Waals surface area (Å²) in [7, 11) is 0. The van der Waals surface area contributed by atoms with E-state index in [0.717, 1.165) is 14.4 Å². The first-order valence-corrected chi connectivity index (χ1v) is 9.09. The minimum atomic E-state index is -0.195. The zero-order valence-electron chi connectivity index (χ0n) is 11.9. The van der Waals surface area contributed by atoms with E-state index in [2.05, 4.69) is 31.3 Å². The summed E-state index contributed by atoms with van der Waals surface area (Å²) in [5.41, 5.74) is 1.40. The van der Waals surface area contributed by atoms with E-state index < -0.39 is 0 Å². The fourth-order valence-corrected chi connectivity index (χ4v) is 4.09. The number of hydrogen-bond acceptors (Lipinski definition) is 5. The lowest BCUT2D eigenvalue weighted by molar-refractivity contribution is 0.101. The maximum atomic E-state index is 12.3. The maximum Gasteiger partial charge on any atom is 0.275 e. The van der Waals surface area contributed by atoms with Crippen LogP contribution in [0.3, 0.4) is 0 Å². The second-order valence-electron chi connectivity index (χ2n) is 4.85. The van der Waals surface area contributed by atoms with E-state index in [9.17, 15) is 4.79 Å². The number of thiazole rings is 1. The standard InChI is InChI=1S/C14H13BrN4OS2/c1-8(2)19-10(5-6-16-19)13(20)18-14-17-9(7-21-14)11-3-4-12(15)22-11/h3-8H,1-2H3,(H,17,18,20). The first-order chi connectivity index (χ1) is 10.5. The van der Waals surface area contributed by atoms with Gasteiger partial charge in [-0.2, -0.15) is 5.10 Å². The lowest BCUT2D eigenvalue weighted by atomic mass is 10.3. The minimum Gasteiger partial charge on any atom is -0.296 e. The molecular formula is C14H13BrN4OS2. The smallest absolute Gasteiger partial charge is 0.275 e. The Morgan fingerprint density at radius 2 is 2.18 bits per heavy atom. The van der Waals surface area contributed by atoms with Crippen molar-refractivity contribution >= 4 is 49.6 Å². The summed E-state index contributed by atoms with van der Waals surface area (Å²) in [6, 6.07) is 5.83. The quantitative estimate of drug-likeness (QED) is 0.696. The van der Waals surface area contributed by atoms with Crippen molar-refractivity contribution in [3.63, 3.8) is 0 Å². The summed E-state index contributed by atoms with van der Waals surface area (Å²) in [5, 5.41) is 9.53. The predicted octanol–water partition coefficient (Wildman–Crippen LogP) is 4.66. The molecule has 0 aromatic carbocycles. The van der Waals surface area contributed by atoms with E-state index in [1.807, 2.05) is 31.4 Å². The van der Waals surface area contributed by atoms with Crippen LogP contribution in [0.1, 0.15) is 30.4 Å². The molecule has 1 amide bonds. The fourth-order valence-electron chi connectivity index (χ4n) is 1.96. The Morgan fingerprint density at radius 1 is 1.36 bits per heavy atom. The predicted molar refractivity (Wildman–Crippen MR) is 93.7 cm³/mol. The highest BCUT2D eigenvalue weighted by molar-refractivity contribution is 9.11. The average Bonchev–Trinajstić information content (AvgIpc) is 3.16. The van der Waals surface area contributed by atoms with Gasteiger partial charge in [0.25, 0.3) is 5.91 Å². The van der Waals surface area contributed by atoms with Gasteiger partial charge in [-0.15, -0.1) is 22.7 Å². The first-order valence-electron chi connectivity index (χ1n) is 6.60. The molecule has 0 saturated heterocycles. The summed E-state index contributed by atoms with van der Waals surface area (Å²) >= 11 is 6.46. The maximum absolute atomic E-state index is 12.3. The Hall–Kier alpha value is -1.51. The molecule has 0 radical (unpaired) electrons. The van der Waals surface area contributed by atoms with Crippen LogP contribution >= 0.6 is 38.6 Å². The van der Waals surface area contributed by atoms with Gasteiger partial charge in [-0.3, -0.25) is 14.8 Å². The highest BCUT2D eigenvalue weighted by Gasteiger charge is 2.16. The number of anilines is 1. The molecule has 0 bridgehead atoms. The van der Waals surface area contributed by atoms with Crippen LogP contribution in [-0.2, 0) is 0 Å². The molecule has 3 rings (SSSR count). The van der Waals surface area contributed by atoms with Crippen molar-refractivity contribution in [2.45, 2.75) is 19.9 Å². The largest absolute Gasteiger partial charge is 0.296 e. The van der Waals surface area contributed by atoms with E-state index in [1.54, 1.807) is 28.3 Å². The van der Waals surface area contributed by atoms with Crippen molar-refractivity contribution in [1.82, 2.24) is 14.8 Å². The summed E-state index contributed by atoms with van der Waals surface area (Å²) in [5.74, 6) is -0.195. The molecule has 114 valence electrons. The molecule has 0 aliphatic heterocycles. The zero-order valence-corrected chi connectivity index (χ0v) is 15.1. The third-order valence-corrected chi connectivity index (χ3v) is 5.35. The van der Waals surface area contributed by atoms with Crippen molar-refractivity contribution in [2.24, 2.45) is 0 Å². The zero-order chi connectivity index (χ0) is 15.7. The molecule has 5 nitrogen and oxygen atoms in total. The molecule has 3 aromatic rings. The molecule has 22 heavy (non-hydrogen) atoms. The van der Waals surface area contributed by atoms with E-state index in [0.29, 0.717) is 10.8 Å². The lowest BCUT2D eigenvalue weighted by Crippen LogP contribution is -2.18. The van der Waals surface area contributed by atoms with Crippen LogP contribution in [0.25, 0.3) is 10.6 Å².